The summed E-state index contributed by atoms with van der Waals surface area (Å²) in [5.41, 5.74) is 1.53. The van der Waals surface area contributed by atoms with E-state index in [1.54, 1.807) is 10.8 Å². The first-order chi connectivity index (χ1) is 10.7. The van der Waals surface area contributed by atoms with Crippen LogP contribution in [0.2, 0.25) is 0 Å². The van der Waals surface area contributed by atoms with E-state index in [1.165, 1.54) is 16.9 Å². The third-order valence-electron chi connectivity index (χ3n) is 3.24. The normalized spacial score (nSPS) is 11.3. The first-order valence-electron chi connectivity index (χ1n) is 6.47. The monoisotopic (exact) mass is 295 g/mol. The van der Waals surface area contributed by atoms with Crippen molar-refractivity contribution in [2.45, 2.75) is 6.54 Å². The van der Waals surface area contributed by atoms with Crippen LogP contribution in [0.25, 0.3) is 16.6 Å². The van der Waals surface area contributed by atoms with Crippen LogP contribution in [0.15, 0.2) is 42.9 Å². The quantitative estimate of drug-likeness (QED) is 0.418. The summed E-state index contributed by atoms with van der Waals surface area (Å²) in [7, 11) is 0. The number of hydrogen-bond donors (Lipinski definition) is 0. The smallest absolute Gasteiger partial charge is 0.358 e. The van der Waals surface area contributed by atoms with Gasteiger partial charge in [0.05, 0.1) is 22.9 Å². The Bertz CT molecular complexity index is 1000. The highest BCUT2D eigenvalue weighted by molar-refractivity contribution is 5.90. The number of hydrogen-bond acceptors (Lipinski definition) is 6. The van der Waals surface area contributed by atoms with E-state index in [1.807, 2.05) is 24.3 Å². The summed E-state index contributed by atoms with van der Waals surface area (Å²) in [4.78, 5) is 18.9. The minimum Gasteiger partial charge on any atom is -0.358 e. The molecule has 0 aliphatic heterocycles. The molecular formula is C13H9N7O2. The maximum atomic E-state index is 10.6. The molecule has 0 saturated carbocycles. The van der Waals surface area contributed by atoms with Crippen LogP contribution in [-0.2, 0) is 6.54 Å². The van der Waals surface area contributed by atoms with Gasteiger partial charge in [-0.25, -0.2) is 14.5 Å². The topological polar surface area (TPSA) is 104 Å². The van der Waals surface area contributed by atoms with E-state index < -0.39 is 4.92 Å². The Kier molecular flexibility index (Phi) is 2.58. The van der Waals surface area contributed by atoms with Gasteiger partial charge >= 0.3 is 5.82 Å². The maximum absolute atomic E-state index is 10.6. The van der Waals surface area contributed by atoms with Crippen molar-refractivity contribution >= 4 is 22.4 Å². The molecule has 0 fully saturated rings. The predicted molar refractivity (Wildman–Crippen MR) is 76.3 cm³/mol. The van der Waals surface area contributed by atoms with Gasteiger partial charge in [-0.2, -0.15) is 4.68 Å². The highest BCUT2D eigenvalue weighted by Crippen LogP contribution is 2.16. The second kappa shape index (κ2) is 4.58. The largest absolute Gasteiger partial charge is 0.389 e. The summed E-state index contributed by atoms with van der Waals surface area (Å²) >= 11 is 0. The maximum Gasteiger partial charge on any atom is 0.389 e. The first-order valence-corrected chi connectivity index (χ1v) is 6.47. The van der Waals surface area contributed by atoms with Crippen LogP contribution in [0.5, 0.6) is 0 Å². The van der Waals surface area contributed by atoms with Crippen LogP contribution in [0.3, 0.4) is 0 Å². The average molecular weight is 295 g/mol. The molecule has 3 heterocycles. The number of fused-ring (bicyclic) bond motifs is 3. The Labute approximate surface area is 123 Å². The lowest BCUT2D eigenvalue weighted by Gasteiger charge is -1.96. The third kappa shape index (κ3) is 1.95. The summed E-state index contributed by atoms with van der Waals surface area (Å²) in [5, 5.41) is 19.7. The molecule has 9 heteroatoms. The van der Waals surface area contributed by atoms with Crippen molar-refractivity contribution in [3.8, 4) is 0 Å². The van der Waals surface area contributed by atoms with Gasteiger partial charge in [-0.05, 0) is 17.1 Å². The molecule has 1 aromatic carbocycles. The van der Waals surface area contributed by atoms with Gasteiger partial charge in [-0.15, -0.1) is 5.10 Å². The zero-order valence-electron chi connectivity index (χ0n) is 11.2. The van der Waals surface area contributed by atoms with Gasteiger partial charge in [0.2, 0.25) is 0 Å². The van der Waals surface area contributed by atoms with Crippen molar-refractivity contribution in [1.29, 1.82) is 0 Å². The molecule has 0 spiro atoms. The molecule has 0 saturated heterocycles. The molecule has 0 unspecified atom stereocenters. The van der Waals surface area contributed by atoms with Crippen LogP contribution < -0.4 is 0 Å². The highest BCUT2D eigenvalue weighted by atomic mass is 16.6. The van der Waals surface area contributed by atoms with Crippen molar-refractivity contribution in [3.05, 3.63) is 58.8 Å². The van der Waals surface area contributed by atoms with E-state index in [9.17, 15) is 10.1 Å². The number of nitro groups is 1. The van der Waals surface area contributed by atoms with E-state index in [0.29, 0.717) is 11.5 Å². The molecule has 3 aromatic heterocycles. The van der Waals surface area contributed by atoms with Gasteiger partial charge in [-0.1, -0.05) is 12.1 Å². The summed E-state index contributed by atoms with van der Waals surface area (Å²) in [6.07, 6.45) is 3.12. The minimum absolute atomic E-state index is 0.198. The van der Waals surface area contributed by atoms with Crippen molar-refractivity contribution < 1.29 is 4.92 Å². The van der Waals surface area contributed by atoms with Gasteiger partial charge in [0.25, 0.3) is 0 Å². The average Bonchev–Trinajstić information content (AvgIpc) is 3.14. The molecule has 4 aromatic rings. The fraction of sp³-hybridized carbons (Fsp3) is 0.0769. The lowest BCUT2D eigenvalue weighted by Crippen LogP contribution is -2.03. The summed E-state index contributed by atoms with van der Waals surface area (Å²) in [6, 6.07) is 8.99. The Morgan fingerprint density at radius 3 is 2.86 bits per heavy atom. The fourth-order valence-corrected chi connectivity index (χ4v) is 2.27. The van der Waals surface area contributed by atoms with Gasteiger partial charge in [0.1, 0.15) is 12.9 Å². The highest BCUT2D eigenvalue weighted by Gasteiger charge is 2.14. The molecular weight excluding hydrogens is 286 g/mol. The lowest BCUT2D eigenvalue weighted by atomic mass is 10.2. The molecule has 0 bridgehead atoms. The second-order valence-electron chi connectivity index (χ2n) is 4.69. The number of aromatic nitrogens is 6. The van der Waals surface area contributed by atoms with E-state index in [0.717, 1.165) is 10.9 Å². The summed E-state index contributed by atoms with van der Waals surface area (Å²) in [5.74, 6) is 0.312. The van der Waals surface area contributed by atoms with E-state index >= 15 is 0 Å². The molecule has 0 atom stereocenters. The first kappa shape index (κ1) is 12.4. The number of rotatable bonds is 3. The number of nitrogens with zero attached hydrogens (tertiary/aromatic N) is 7. The summed E-state index contributed by atoms with van der Waals surface area (Å²) < 4.78 is 3.03. The van der Waals surface area contributed by atoms with Crippen molar-refractivity contribution in [3.63, 3.8) is 0 Å². The third-order valence-corrected chi connectivity index (χ3v) is 3.24. The number of para-hydroxylation sites is 1. The van der Waals surface area contributed by atoms with Crippen molar-refractivity contribution in [2.75, 3.05) is 0 Å². The Morgan fingerprint density at radius 2 is 2.05 bits per heavy atom. The zero-order chi connectivity index (χ0) is 15.1. The Morgan fingerprint density at radius 1 is 1.18 bits per heavy atom. The van der Waals surface area contributed by atoms with E-state index in [2.05, 4.69) is 20.2 Å². The van der Waals surface area contributed by atoms with Gasteiger partial charge < -0.3 is 10.1 Å². The van der Waals surface area contributed by atoms with Crippen LogP contribution in [0, 0.1) is 10.1 Å². The van der Waals surface area contributed by atoms with Crippen LogP contribution >= 0.6 is 0 Å². The molecule has 0 aliphatic rings. The Hall–Kier alpha value is -3.36. The van der Waals surface area contributed by atoms with Crippen molar-refractivity contribution in [2.24, 2.45) is 0 Å². The molecule has 22 heavy (non-hydrogen) atoms. The molecule has 9 nitrogen and oxygen atoms in total. The number of benzene rings is 1. The fourth-order valence-electron chi connectivity index (χ4n) is 2.27. The SMILES string of the molecule is O=[N+]([O-])c1ccn(Cc2nc3c4ccccc4ncn3n2)n1. The summed E-state index contributed by atoms with van der Waals surface area (Å²) in [6.45, 7) is 0.254. The van der Waals surface area contributed by atoms with Crippen molar-refractivity contribution in [1.82, 2.24) is 29.4 Å². The zero-order valence-corrected chi connectivity index (χ0v) is 11.2. The molecule has 0 amide bonds. The minimum atomic E-state index is -0.537. The molecule has 4 rings (SSSR count). The van der Waals surface area contributed by atoms with Crippen LogP contribution in [0.4, 0.5) is 5.82 Å². The van der Waals surface area contributed by atoms with E-state index in [-0.39, 0.29) is 12.4 Å². The van der Waals surface area contributed by atoms with Gasteiger partial charge in [0, 0.05) is 5.39 Å². The van der Waals surface area contributed by atoms with Crippen LogP contribution in [-0.4, -0.2) is 34.3 Å². The van der Waals surface area contributed by atoms with Crippen LogP contribution in [0.1, 0.15) is 5.82 Å². The van der Waals surface area contributed by atoms with E-state index in [4.69, 9.17) is 0 Å². The Balaban J connectivity index is 1.75. The predicted octanol–water partition coefficient (Wildman–Crippen LogP) is 1.43. The molecule has 0 N–H and O–H groups in total. The molecule has 0 radical (unpaired) electrons. The standard InChI is InChI=1S/C13H9N7O2/c21-20(22)12-5-6-18(17-12)7-11-15-13-9-3-1-2-4-10(9)14-8-19(13)16-11/h1-6,8H,7H2. The van der Waals surface area contributed by atoms with Gasteiger partial charge in [-0.3, -0.25) is 0 Å². The van der Waals surface area contributed by atoms with Gasteiger partial charge in [0.15, 0.2) is 11.5 Å². The molecule has 0 aliphatic carbocycles. The second-order valence-corrected chi connectivity index (χ2v) is 4.69. The lowest BCUT2D eigenvalue weighted by molar-refractivity contribution is -0.389. The molecule has 108 valence electrons.